The number of H-pyrrole nitrogens is 1. The number of nitrogens with one attached hydrogen (secondary N) is 2. The molecule has 8 heteroatoms. The number of alkyl halides is 2. The summed E-state index contributed by atoms with van der Waals surface area (Å²) in [7, 11) is 1.38. The molecular weight excluding hydrogens is 318 g/mol. The van der Waals surface area contributed by atoms with E-state index in [0.29, 0.717) is 11.5 Å². The van der Waals surface area contributed by atoms with E-state index >= 15 is 0 Å². The molecule has 3 rings (SSSR count). The van der Waals surface area contributed by atoms with E-state index in [9.17, 15) is 8.78 Å². The third kappa shape index (κ3) is 3.60. The average Bonchev–Trinajstić information content (AvgIpc) is 2.98. The van der Waals surface area contributed by atoms with Gasteiger partial charge >= 0.3 is 6.61 Å². The van der Waals surface area contributed by atoms with Crippen molar-refractivity contribution in [3.63, 3.8) is 0 Å². The molecule has 0 amide bonds. The van der Waals surface area contributed by atoms with Gasteiger partial charge in [-0.05, 0) is 35.9 Å². The van der Waals surface area contributed by atoms with Crippen LogP contribution in [0, 0.1) is 0 Å². The molecule has 0 aliphatic rings. The number of hydrogen-bond acceptors (Lipinski definition) is 5. The van der Waals surface area contributed by atoms with Crippen LogP contribution in [0.15, 0.2) is 47.6 Å². The zero-order valence-electron chi connectivity index (χ0n) is 12.7. The van der Waals surface area contributed by atoms with Crippen molar-refractivity contribution in [1.29, 1.82) is 0 Å². The summed E-state index contributed by atoms with van der Waals surface area (Å²) < 4.78 is 34.0. The summed E-state index contributed by atoms with van der Waals surface area (Å²) in [5.41, 5.74) is 5.15. The molecule has 1 aromatic heterocycles. The summed E-state index contributed by atoms with van der Waals surface area (Å²) in [6, 6.07) is 12.1. The van der Waals surface area contributed by atoms with Gasteiger partial charge in [0, 0.05) is 0 Å². The van der Waals surface area contributed by atoms with Gasteiger partial charge in [-0.25, -0.2) is 10.4 Å². The maximum Gasteiger partial charge on any atom is 0.387 e. The molecule has 0 saturated heterocycles. The highest BCUT2D eigenvalue weighted by Crippen LogP contribution is 2.28. The van der Waals surface area contributed by atoms with Crippen LogP contribution in [0.25, 0.3) is 11.0 Å². The van der Waals surface area contributed by atoms with Gasteiger partial charge in [0.25, 0.3) is 0 Å². The quantitative estimate of drug-likeness (QED) is 0.534. The summed E-state index contributed by atoms with van der Waals surface area (Å²) >= 11 is 0. The highest BCUT2D eigenvalue weighted by molar-refractivity contribution is 5.82. The molecule has 2 N–H and O–H groups in total. The first kappa shape index (κ1) is 15.7. The minimum atomic E-state index is -2.91. The summed E-state index contributed by atoms with van der Waals surface area (Å²) in [6.07, 6.45) is 1.52. The Morgan fingerprint density at radius 3 is 2.79 bits per heavy atom. The minimum absolute atomic E-state index is 0.0325. The van der Waals surface area contributed by atoms with E-state index < -0.39 is 6.61 Å². The number of hydrogen-bond donors (Lipinski definition) is 2. The largest absolute Gasteiger partial charge is 0.493 e. The predicted molar refractivity (Wildman–Crippen MR) is 86.9 cm³/mol. The Hall–Kier alpha value is -3.16. The molecule has 0 unspecified atom stereocenters. The van der Waals surface area contributed by atoms with Crippen LogP contribution in [0.3, 0.4) is 0 Å². The number of ether oxygens (including phenoxy) is 2. The third-order valence-corrected chi connectivity index (χ3v) is 3.18. The van der Waals surface area contributed by atoms with E-state index in [-0.39, 0.29) is 11.5 Å². The number of methoxy groups -OCH3 is 1. The van der Waals surface area contributed by atoms with Gasteiger partial charge in [-0.1, -0.05) is 12.1 Å². The fraction of sp³-hybridized carbons (Fsp3) is 0.125. The molecule has 2 aromatic carbocycles. The molecule has 3 aromatic rings. The molecule has 0 bridgehead atoms. The van der Waals surface area contributed by atoms with Gasteiger partial charge in [0.15, 0.2) is 11.5 Å². The molecule has 0 radical (unpaired) electrons. The second-order valence-corrected chi connectivity index (χ2v) is 4.76. The van der Waals surface area contributed by atoms with Crippen molar-refractivity contribution >= 4 is 23.2 Å². The maximum absolute atomic E-state index is 12.3. The molecule has 0 aliphatic heterocycles. The Labute approximate surface area is 136 Å². The van der Waals surface area contributed by atoms with Crippen LogP contribution in [-0.4, -0.2) is 29.9 Å². The average molecular weight is 332 g/mol. The Kier molecular flexibility index (Phi) is 4.55. The van der Waals surface area contributed by atoms with Crippen molar-refractivity contribution in [3.05, 3.63) is 48.0 Å². The van der Waals surface area contributed by atoms with Crippen molar-refractivity contribution in [1.82, 2.24) is 9.97 Å². The first-order valence-electron chi connectivity index (χ1n) is 7.02. The van der Waals surface area contributed by atoms with Crippen molar-refractivity contribution in [2.45, 2.75) is 6.61 Å². The monoisotopic (exact) mass is 332 g/mol. The van der Waals surface area contributed by atoms with Crippen LogP contribution >= 0.6 is 0 Å². The summed E-state index contributed by atoms with van der Waals surface area (Å²) in [5.74, 6) is 0.662. The van der Waals surface area contributed by atoms with Crippen LogP contribution in [0.4, 0.5) is 14.7 Å². The molecule has 0 saturated carbocycles. The van der Waals surface area contributed by atoms with E-state index in [2.05, 4.69) is 25.2 Å². The number of para-hydroxylation sites is 2. The molecule has 0 spiro atoms. The fourth-order valence-electron chi connectivity index (χ4n) is 2.13. The Morgan fingerprint density at radius 1 is 1.21 bits per heavy atom. The fourth-order valence-corrected chi connectivity index (χ4v) is 2.13. The lowest BCUT2D eigenvalue weighted by molar-refractivity contribution is -0.0512. The Bertz CT molecular complexity index is 831. The Balaban J connectivity index is 1.71. The lowest BCUT2D eigenvalue weighted by Gasteiger charge is -2.09. The molecule has 124 valence electrons. The molecule has 6 nitrogen and oxygen atoms in total. The number of imidazole rings is 1. The van der Waals surface area contributed by atoms with E-state index in [1.807, 2.05) is 24.3 Å². The number of rotatable bonds is 6. The van der Waals surface area contributed by atoms with Gasteiger partial charge in [0.05, 0.1) is 24.4 Å². The number of hydrazone groups is 1. The van der Waals surface area contributed by atoms with Crippen molar-refractivity contribution in [3.8, 4) is 11.5 Å². The van der Waals surface area contributed by atoms with Gasteiger partial charge in [-0.2, -0.15) is 13.9 Å². The number of aromatic nitrogens is 2. The van der Waals surface area contributed by atoms with Gasteiger partial charge in [0.2, 0.25) is 5.95 Å². The number of nitrogens with zero attached hydrogens (tertiary/aromatic N) is 2. The normalized spacial score (nSPS) is 11.3. The maximum atomic E-state index is 12.3. The molecule has 1 heterocycles. The van der Waals surface area contributed by atoms with Crippen LogP contribution in [0.1, 0.15) is 5.56 Å². The van der Waals surface area contributed by atoms with Crippen molar-refractivity contribution in [2.24, 2.45) is 5.10 Å². The summed E-state index contributed by atoms with van der Waals surface area (Å²) in [4.78, 5) is 7.39. The van der Waals surface area contributed by atoms with Gasteiger partial charge < -0.3 is 14.5 Å². The number of aromatic amines is 1. The zero-order valence-corrected chi connectivity index (χ0v) is 12.7. The summed E-state index contributed by atoms with van der Waals surface area (Å²) in [6.45, 7) is -2.91. The second-order valence-electron chi connectivity index (χ2n) is 4.76. The topological polar surface area (TPSA) is 71.5 Å². The molecular formula is C16H14F2N4O2. The van der Waals surface area contributed by atoms with Crippen LogP contribution in [0.5, 0.6) is 11.5 Å². The Morgan fingerprint density at radius 2 is 2.04 bits per heavy atom. The second kappa shape index (κ2) is 6.95. The summed E-state index contributed by atoms with van der Waals surface area (Å²) in [5, 5.41) is 4.06. The highest BCUT2D eigenvalue weighted by Gasteiger charge is 2.10. The smallest absolute Gasteiger partial charge is 0.387 e. The predicted octanol–water partition coefficient (Wildman–Crippen LogP) is 3.62. The minimum Gasteiger partial charge on any atom is -0.493 e. The number of fused-ring (bicyclic) bond motifs is 1. The number of anilines is 1. The van der Waals surface area contributed by atoms with Gasteiger partial charge in [-0.15, -0.1) is 0 Å². The standard InChI is InChI=1S/C16H14F2N4O2/c1-23-14-8-10(6-7-13(14)24-15(17)18)9-19-22-16-20-11-4-2-3-5-12(11)21-16/h2-9,15H,1H3,(H2,20,21,22). The lowest BCUT2D eigenvalue weighted by atomic mass is 10.2. The van der Waals surface area contributed by atoms with Gasteiger partial charge in [-0.3, -0.25) is 0 Å². The van der Waals surface area contributed by atoms with E-state index in [1.165, 1.54) is 19.4 Å². The molecule has 24 heavy (non-hydrogen) atoms. The number of benzene rings is 2. The highest BCUT2D eigenvalue weighted by atomic mass is 19.3. The van der Waals surface area contributed by atoms with E-state index in [0.717, 1.165) is 11.0 Å². The first-order chi connectivity index (χ1) is 11.7. The van der Waals surface area contributed by atoms with Crippen LogP contribution in [-0.2, 0) is 0 Å². The number of halogens is 2. The molecule has 0 atom stereocenters. The first-order valence-corrected chi connectivity index (χ1v) is 7.02. The lowest BCUT2D eigenvalue weighted by Crippen LogP contribution is -2.03. The van der Waals surface area contributed by atoms with E-state index in [4.69, 9.17) is 4.74 Å². The molecule has 0 fully saturated rings. The van der Waals surface area contributed by atoms with Crippen molar-refractivity contribution < 1.29 is 18.3 Å². The van der Waals surface area contributed by atoms with Crippen molar-refractivity contribution in [2.75, 3.05) is 12.5 Å². The SMILES string of the molecule is COc1cc(C=NNc2nc3ccccc3[nH]2)ccc1OC(F)F. The van der Waals surface area contributed by atoms with Crippen LogP contribution < -0.4 is 14.9 Å². The zero-order chi connectivity index (χ0) is 16.9. The van der Waals surface area contributed by atoms with Crippen LogP contribution in [0.2, 0.25) is 0 Å². The van der Waals surface area contributed by atoms with E-state index in [1.54, 1.807) is 12.1 Å². The van der Waals surface area contributed by atoms with Gasteiger partial charge in [0.1, 0.15) is 0 Å². The molecule has 0 aliphatic carbocycles. The third-order valence-electron chi connectivity index (χ3n) is 3.18.